The second kappa shape index (κ2) is 12.4. The van der Waals surface area contributed by atoms with E-state index in [1.807, 2.05) is 0 Å². The van der Waals surface area contributed by atoms with Gasteiger partial charge in [0, 0.05) is 54.9 Å². The quantitative estimate of drug-likeness (QED) is 0.160. The Morgan fingerprint density at radius 1 is 0.390 bits per heavy atom. The molecule has 1 atom stereocenters. The minimum Gasteiger partial charge on any atom is -0.334 e. The second-order valence-corrected chi connectivity index (χ2v) is 16.0. The summed E-state index contributed by atoms with van der Waals surface area (Å²) in [4.78, 5) is 2.52. The number of para-hydroxylation sites is 3. The maximum absolute atomic E-state index is 2.53. The van der Waals surface area contributed by atoms with Gasteiger partial charge in [0.1, 0.15) is 0 Å². The van der Waals surface area contributed by atoms with Gasteiger partial charge in [0.25, 0.3) is 0 Å². The number of hydrogen-bond donors (Lipinski definition) is 0. The van der Waals surface area contributed by atoms with Crippen LogP contribution < -0.4 is 15.5 Å². The van der Waals surface area contributed by atoms with E-state index in [-0.39, 0.29) is 6.04 Å². The molecule has 2 aromatic heterocycles. The second-order valence-electron chi connectivity index (χ2n) is 16.0. The van der Waals surface area contributed by atoms with Gasteiger partial charge in [-0.1, -0.05) is 140 Å². The van der Waals surface area contributed by atoms with Crippen LogP contribution in [0.2, 0.25) is 0 Å². The Morgan fingerprint density at radius 3 is 1.73 bits per heavy atom. The van der Waals surface area contributed by atoms with Crippen LogP contribution in [0.4, 0.5) is 11.4 Å². The van der Waals surface area contributed by atoms with Gasteiger partial charge < -0.3 is 14.0 Å². The van der Waals surface area contributed by atoms with Gasteiger partial charge in [-0.15, -0.1) is 0 Å². The largest absolute Gasteiger partial charge is 0.334 e. The van der Waals surface area contributed by atoms with Gasteiger partial charge in [0.05, 0.1) is 27.9 Å². The van der Waals surface area contributed by atoms with Gasteiger partial charge in [-0.25, -0.2) is 0 Å². The summed E-state index contributed by atoms with van der Waals surface area (Å²) >= 11 is 0. The molecule has 0 radical (unpaired) electrons. The van der Waals surface area contributed by atoms with Gasteiger partial charge in [-0.3, -0.25) is 0 Å². The SMILES string of the molecule is C1=c2c(n(-c3ccccc3)c3ccccc23)=CC(N(c2ccccc2)c2ccc(-n3c4cccc5c4c4c6c(cccc6c6ccccc6c43)-c3ccccc3-5)cc2)C1. The Bertz CT molecular complexity index is 3630. The first-order chi connectivity index (χ1) is 29.3. The minimum atomic E-state index is 0.102. The van der Waals surface area contributed by atoms with Crippen molar-refractivity contribution in [3.63, 3.8) is 0 Å². The van der Waals surface area contributed by atoms with Crippen LogP contribution in [0.25, 0.3) is 100 Å². The molecule has 0 fully saturated rings. The Balaban J connectivity index is 1.04. The van der Waals surface area contributed by atoms with Gasteiger partial charge in [0.15, 0.2) is 0 Å². The highest BCUT2D eigenvalue weighted by Gasteiger charge is 2.27. The van der Waals surface area contributed by atoms with E-state index in [0.29, 0.717) is 0 Å². The van der Waals surface area contributed by atoms with Gasteiger partial charge in [-0.05, 0) is 106 Å². The predicted octanol–water partition coefficient (Wildman–Crippen LogP) is 12.9. The summed E-state index contributed by atoms with van der Waals surface area (Å²) in [5.74, 6) is 0. The average Bonchev–Trinajstić information content (AvgIpc) is 3.79. The van der Waals surface area contributed by atoms with Crippen molar-refractivity contribution in [1.29, 1.82) is 0 Å². The topological polar surface area (TPSA) is 13.1 Å². The third kappa shape index (κ3) is 4.58. The van der Waals surface area contributed by atoms with Crippen LogP contribution in [0.15, 0.2) is 194 Å². The van der Waals surface area contributed by atoms with Crippen molar-refractivity contribution in [3.05, 3.63) is 205 Å². The summed E-state index contributed by atoms with van der Waals surface area (Å²) in [6, 6.07) is 71.6. The molecule has 0 N–H and O–H groups in total. The van der Waals surface area contributed by atoms with E-state index in [4.69, 9.17) is 0 Å². The summed E-state index contributed by atoms with van der Waals surface area (Å²) in [5, 5.41) is 11.7. The fraction of sp³-hybridized carbons (Fsp3) is 0.0357. The minimum absolute atomic E-state index is 0.102. The lowest BCUT2D eigenvalue weighted by Crippen LogP contribution is -2.39. The normalized spacial score (nSPS) is 14.1. The molecule has 0 spiro atoms. The van der Waals surface area contributed by atoms with Crippen LogP contribution >= 0.6 is 0 Å². The zero-order valence-corrected chi connectivity index (χ0v) is 32.3. The molecule has 276 valence electrons. The third-order valence-corrected chi connectivity index (χ3v) is 12.9. The van der Waals surface area contributed by atoms with Gasteiger partial charge in [0.2, 0.25) is 0 Å². The fourth-order valence-corrected chi connectivity index (χ4v) is 10.5. The fourth-order valence-electron chi connectivity index (χ4n) is 10.5. The predicted molar refractivity (Wildman–Crippen MR) is 249 cm³/mol. The molecule has 3 nitrogen and oxygen atoms in total. The first-order valence-corrected chi connectivity index (χ1v) is 20.6. The van der Waals surface area contributed by atoms with Crippen molar-refractivity contribution >= 4 is 77.8 Å². The molecule has 9 aromatic carbocycles. The van der Waals surface area contributed by atoms with E-state index in [1.54, 1.807) is 0 Å². The smallest absolute Gasteiger partial charge is 0.0626 e. The van der Waals surface area contributed by atoms with Crippen molar-refractivity contribution in [2.24, 2.45) is 0 Å². The van der Waals surface area contributed by atoms with Crippen molar-refractivity contribution in [2.75, 3.05) is 4.90 Å². The van der Waals surface area contributed by atoms with E-state index in [1.165, 1.54) is 98.5 Å². The molecule has 0 saturated carbocycles. The van der Waals surface area contributed by atoms with Crippen molar-refractivity contribution < 1.29 is 0 Å². The Morgan fingerprint density at radius 2 is 0.949 bits per heavy atom. The van der Waals surface area contributed by atoms with Crippen molar-refractivity contribution in [1.82, 2.24) is 9.13 Å². The highest BCUT2D eigenvalue weighted by molar-refractivity contribution is 6.37. The molecule has 0 aliphatic heterocycles. The van der Waals surface area contributed by atoms with Crippen molar-refractivity contribution in [3.8, 4) is 33.6 Å². The molecule has 3 heteroatoms. The van der Waals surface area contributed by atoms with Crippen LogP contribution in [0.1, 0.15) is 6.42 Å². The zero-order chi connectivity index (χ0) is 38.6. The standard InChI is InChI=1S/C56H37N3/c1-3-15-36(16-4-1)57(40-33-34-45-44-22-11-12-27-50(44)58(52(45)35-40)37-17-5-2-6-18-37)38-29-31-39(32-30-38)59-51-28-14-26-48-42-20-8-7-19-41(42)46-24-13-25-47-43-21-9-10-23-49(43)56(59)55(53(46)47)54(48)51/h1-32,34-35,40H,33H2. The van der Waals surface area contributed by atoms with E-state index in [9.17, 15) is 0 Å². The molecular weight excluding hydrogens is 715 g/mol. The summed E-state index contributed by atoms with van der Waals surface area (Å²) in [6.07, 6.45) is 5.83. The molecule has 0 amide bonds. The molecule has 13 rings (SSSR count). The molecule has 0 saturated heterocycles. The lowest BCUT2D eigenvalue weighted by molar-refractivity contribution is 0.829. The van der Waals surface area contributed by atoms with Crippen LogP contribution in [0.3, 0.4) is 0 Å². The number of rotatable bonds is 5. The molecule has 0 bridgehead atoms. The molecule has 2 heterocycles. The average molecular weight is 752 g/mol. The lowest BCUT2D eigenvalue weighted by Gasteiger charge is -2.33. The highest BCUT2D eigenvalue weighted by atomic mass is 15.2. The molecule has 2 aliphatic carbocycles. The number of fused-ring (bicyclic) bond motifs is 9. The number of aromatic nitrogens is 2. The maximum atomic E-state index is 2.53. The third-order valence-electron chi connectivity index (χ3n) is 12.9. The summed E-state index contributed by atoms with van der Waals surface area (Å²) < 4.78 is 4.96. The number of benzene rings is 9. The van der Waals surface area contributed by atoms with Crippen LogP contribution in [-0.2, 0) is 0 Å². The number of anilines is 2. The summed E-state index contributed by atoms with van der Waals surface area (Å²) in [6.45, 7) is 0. The Hall–Kier alpha value is -7.62. The monoisotopic (exact) mass is 751 g/mol. The number of hydrogen-bond acceptors (Lipinski definition) is 1. The van der Waals surface area contributed by atoms with Crippen molar-refractivity contribution in [2.45, 2.75) is 12.5 Å². The summed E-state index contributed by atoms with van der Waals surface area (Å²) in [5.41, 5.74) is 13.6. The first kappa shape index (κ1) is 32.5. The Labute approximate surface area is 341 Å². The molecule has 59 heavy (non-hydrogen) atoms. The van der Waals surface area contributed by atoms with Gasteiger partial charge in [-0.2, -0.15) is 0 Å². The lowest BCUT2D eigenvalue weighted by atomic mass is 9.91. The van der Waals surface area contributed by atoms with Gasteiger partial charge >= 0.3 is 0 Å². The molecule has 11 aromatic rings. The van der Waals surface area contributed by atoms with Crippen LogP contribution in [0, 0.1) is 0 Å². The van der Waals surface area contributed by atoms with E-state index in [0.717, 1.165) is 17.8 Å². The highest BCUT2D eigenvalue weighted by Crippen LogP contribution is 2.52. The Kier molecular flexibility index (Phi) is 6.84. The zero-order valence-electron chi connectivity index (χ0n) is 32.3. The van der Waals surface area contributed by atoms with E-state index < -0.39 is 0 Å². The van der Waals surface area contributed by atoms with E-state index >= 15 is 0 Å². The summed E-state index contributed by atoms with van der Waals surface area (Å²) in [7, 11) is 0. The molecule has 2 aliphatic rings. The molecular formula is C56H37N3. The number of nitrogens with zero attached hydrogens (tertiary/aromatic N) is 3. The molecule has 1 unspecified atom stereocenters. The maximum Gasteiger partial charge on any atom is 0.0626 e. The van der Waals surface area contributed by atoms with E-state index in [2.05, 4.69) is 220 Å². The first-order valence-electron chi connectivity index (χ1n) is 20.6. The van der Waals surface area contributed by atoms with Crippen LogP contribution in [-0.4, -0.2) is 15.2 Å². The van der Waals surface area contributed by atoms with Crippen LogP contribution in [0.5, 0.6) is 0 Å².